The summed E-state index contributed by atoms with van der Waals surface area (Å²) in [7, 11) is 0. The Bertz CT molecular complexity index is 2530. The molecule has 0 aliphatic carbocycles. The zero-order valence-corrected chi connectivity index (χ0v) is 29.4. The maximum absolute atomic E-state index is 2.45. The smallest absolute Gasteiger partial charge is 0.0541 e. The highest BCUT2D eigenvalue weighted by Gasteiger charge is 2.21. The minimum Gasteiger partial charge on any atom is -0.310 e. The van der Waals surface area contributed by atoms with Gasteiger partial charge in [-0.15, -0.1) is 0 Å². The standard InChI is InChI=1S/C50H38N2/c1-35-21-31-49-45(33-35)46-34-36(2)22-32-50(46)52(49)48-20-12-10-18-44(48)43-17-9-11-19-47(43)51(41-27-23-39(24-28-41)37-13-5-3-6-14-37)42-29-25-40(26-30-42)38-15-7-4-8-16-38/h3-34H,1-2H3. The molecule has 0 amide bonds. The van der Waals surface area contributed by atoms with Gasteiger partial charge in [-0.3, -0.25) is 0 Å². The third kappa shape index (κ3) is 5.65. The van der Waals surface area contributed by atoms with Crippen molar-refractivity contribution >= 4 is 38.9 Å². The van der Waals surface area contributed by atoms with Gasteiger partial charge in [0.1, 0.15) is 0 Å². The van der Waals surface area contributed by atoms with E-state index in [0.29, 0.717) is 0 Å². The molecule has 0 aliphatic rings. The Balaban J connectivity index is 1.24. The Hall–Kier alpha value is -6.64. The third-order valence-corrected chi connectivity index (χ3v) is 10.1. The van der Waals surface area contributed by atoms with Crippen LogP contribution in [0.1, 0.15) is 11.1 Å². The molecule has 52 heavy (non-hydrogen) atoms. The molecule has 9 aromatic rings. The largest absolute Gasteiger partial charge is 0.310 e. The fourth-order valence-electron chi connectivity index (χ4n) is 7.60. The minimum atomic E-state index is 1.10. The number of nitrogens with zero attached hydrogens (tertiary/aromatic N) is 2. The first kappa shape index (κ1) is 31.3. The van der Waals surface area contributed by atoms with E-state index < -0.39 is 0 Å². The van der Waals surface area contributed by atoms with Gasteiger partial charge in [0.25, 0.3) is 0 Å². The molecule has 1 heterocycles. The van der Waals surface area contributed by atoms with E-state index in [9.17, 15) is 0 Å². The van der Waals surface area contributed by atoms with Gasteiger partial charge in [0, 0.05) is 33.3 Å². The molecule has 0 aliphatic heterocycles. The molecule has 8 aromatic carbocycles. The second kappa shape index (κ2) is 13.2. The topological polar surface area (TPSA) is 8.17 Å². The van der Waals surface area contributed by atoms with Crippen molar-refractivity contribution in [2.75, 3.05) is 4.90 Å². The lowest BCUT2D eigenvalue weighted by atomic mass is 9.98. The molecule has 0 saturated heterocycles. The highest BCUT2D eigenvalue weighted by atomic mass is 15.1. The van der Waals surface area contributed by atoms with E-state index >= 15 is 0 Å². The zero-order valence-electron chi connectivity index (χ0n) is 29.4. The van der Waals surface area contributed by atoms with Crippen LogP contribution in [0.5, 0.6) is 0 Å². The highest BCUT2D eigenvalue weighted by Crippen LogP contribution is 2.44. The van der Waals surface area contributed by atoms with Crippen molar-refractivity contribution < 1.29 is 0 Å². The van der Waals surface area contributed by atoms with Crippen LogP contribution in [-0.2, 0) is 0 Å². The van der Waals surface area contributed by atoms with E-state index in [4.69, 9.17) is 0 Å². The van der Waals surface area contributed by atoms with Crippen molar-refractivity contribution in [2.24, 2.45) is 0 Å². The van der Waals surface area contributed by atoms with Gasteiger partial charge in [-0.25, -0.2) is 0 Å². The molecule has 1 aromatic heterocycles. The Morgan fingerprint density at radius 2 is 0.788 bits per heavy atom. The molecule has 9 rings (SSSR count). The summed E-state index contributed by atoms with van der Waals surface area (Å²) < 4.78 is 2.45. The highest BCUT2D eigenvalue weighted by molar-refractivity contribution is 6.10. The maximum Gasteiger partial charge on any atom is 0.0541 e. The van der Waals surface area contributed by atoms with Crippen molar-refractivity contribution in [3.8, 4) is 39.1 Å². The lowest BCUT2D eigenvalue weighted by Gasteiger charge is -2.29. The molecule has 0 N–H and O–H groups in total. The Morgan fingerprint density at radius 1 is 0.365 bits per heavy atom. The number of aromatic nitrogens is 1. The van der Waals surface area contributed by atoms with Gasteiger partial charge in [0.15, 0.2) is 0 Å². The molecular formula is C50H38N2. The number of hydrogen-bond donors (Lipinski definition) is 0. The van der Waals surface area contributed by atoms with Crippen molar-refractivity contribution in [3.63, 3.8) is 0 Å². The summed E-state index contributed by atoms with van der Waals surface area (Å²) in [6.07, 6.45) is 0. The first-order valence-electron chi connectivity index (χ1n) is 17.9. The van der Waals surface area contributed by atoms with Crippen molar-refractivity contribution in [2.45, 2.75) is 13.8 Å². The fraction of sp³-hybridized carbons (Fsp3) is 0.0400. The summed E-state index contributed by atoms with van der Waals surface area (Å²) >= 11 is 0. The summed E-state index contributed by atoms with van der Waals surface area (Å²) in [5.74, 6) is 0. The van der Waals surface area contributed by atoms with Gasteiger partial charge in [0.2, 0.25) is 0 Å². The monoisotopic (exact) mass is 666 g/mol. The normalized spacial score (nSPS) is 11.3. The molecule has 2 heteroatoms. The Kier molecular flexibility index (Phi) is 7.98. The van der Waals surface area contributed by atoms with E-state index in [0.717, 1.165) is 28.3 Å². The predicted octanol–water partition coefficient (Wildman–Crippen LogP) is 13.9. The van der Waals surface area contributed by atoms with E-state index in [-0.39, 0.29) is 0 Å². The summed E-state index contributed by atoms with van der Waals surface area (Å²) in [5, 5.41) is 2.56. The lowest BCUT2D eigenvalue weighted by Crippen LogP contribution is -2.11. The second-order valence-electron chi connectivity index (χ2n) is 13.6. The van der Waals surface area contributed by atoms with Crippen LogP contribution in [0, 0.1) is 13.8 Å². The second-order valence-corrected chi connectivity index (χ2v) is 13.6. The van der Waals surface area contributed by atoms with Crippen molar-refractivity contribution in [3.05, 3.63) is 205 Å². The van der Waals surface area contributed by atoms with Crippen LogP contribution >= 0.6 is 0 Å². The average Bonchev–Trinajstić information content (AvgIpc) is 3.51. The summed E-state index contributed by atoms with van der Waals surface area (Å²) in [5.41, 5.74) is 16.5. The van der Waals surface area contributed by atoms with Gasteiger partial charge in [-0.1, -0.05) is 145 Å². The molecule has 0 spiro atoms. The first-order valence-corrected chi connectivity index (χ1v) is 17.9. The zero-order chi connectivity index (χ0) is 35.0. The summed E-state index contributed by atoms with van der Waals surface area (Å²) in [6, 6.07) is 70.4. The van der Waals surface area contributed by atoms with Crippen LogP contribution in [0.2, 0.25) is 0 Å². The molecular weight excluding hydrogens is 629 g/mol. The molecule has 0 radical (unpaired) electrons. The van der Waals surface area contributed by atoms with E-state index in [1.807, 2.05) is 0 Å². The third-order valence-electron chi connectivity index (χ3n) is 10.1. The molecule has 0 atom stereocenters. The number of benzene rings is 8. The number of hydrogen-bond acceptors (Lipinski definition) is 1. The van der Waals surface area contributed by atoms with Crippen LogP contribution in [-0.4, -0.2) is 4.57 Å². The van der Waals surface area contributed by atoms with Crippen LogP contribution < -0.4 is 4.90 Å². The summed E-state index contributed by atoms with van der Waals surface area (Å²) in [4.78, 5) is 2.40. The number of aryl methyl sites for hydroxylation is 2. The SMILES string of the molecule is Cc1ccc2c(c1)c1cc(C)ccc1n2-c1ccccc1-c1ccccc1N(c1ccc(-c2ccccc2)cc1)c1ccc(-c2ccccc2)cc1. The summed E-state index contributed by atoms with van der Waals surface area (Å²) in [6.45, 7) is 4.35. The average molecular weight is 667 g/mol. The fourth-order valence-corrected chi connectivity index (χ4v) is 7.60. The lowest BCUT2D eigenvalue weighted by molar-refractivity contribution is 1.18. The molecule has 0 fully saturated rings. The van der Waals surface area contributed by atoms with E-state index in [1.54, 1.807) is 0 Å². The Labute approximate surface area is 305 Å². The van der Waals surface area contributed by atoms with Gasteiger partial charge >= 0.3 is 0 Å². The van der Waals surface area contributed by atoms with Gasteiger partial charge in [-0.2, -0.15) is 0 Å². The van der Waals surface area contributed by atoms with Gasteiger partial charge in [0.05, 0.1) is 22.4 Å². The van der Waals surface area contributed by atoms with E-state index in [2.05, 4.69) is 217 Å². The van der Waals surface area contributed by atoms with E-state index in [1.165, 1.54) is 60.8 Å². The molecule has 248 valence electrons. The van der Waals surface area contributed by atoms with Crippen LogP contribution in [0.25, 0.3) is 60.9 Å². The first-order chi connectivity index (χ1) is 25.6. The van der Waals surface area contributed by atoms with Crippen LogP contribution in [0.3, 0.4) is 0 Å². The van der Waals surface area contributed by atoms with Crippen LogP contribution in [0.15, 0.2) is 194 Å². The maximum atomic E-state index is 2.45. The minimum absolute atomic E-state index is 1.10. The molecule has 0 bridgehead atoms. The predicted molar refractivity (Wildman–Crippen MR) is 221 cm³/mol. The number of fused-ring (bicyclic) bond motifs is 3. The molecule has 2 nitrogen and oxygen atoms in total. The van der Waals surface area contributed by atoms with Crippen molar-refractivity contribution in [1.29, 1.82) is 0 Å². The van der Waals surface area contributed by atoms with Gasteiger partial charge < -0.3 is 9.47 Å². The van der Waals surface area contributed by atoms with Crippen LogP contribution in [0.4, 0.5) is 17.1 Å². The quantitative estimate of drug-likeness (QED) is 0.164. The number of para-hydroxylation sites is 2. The number of rotatable bonds is 7. The molecule has 0 saturated carbocycles. The van der Waals surface area contributed by atoms with Gasteiger partial charge in [-0.05, 0) is 96.8 Å². The van der Waals surface area contributed by atoms with Crippen molar-refractivity contribution in [1.82, 2.24) is 4.57 Å². The number of anilines is 3. The Morgan fingerprint density at radius 3 is 1.31 bits per heavy atom. The molecule has 0 unspecified atom stereocenters.